The van der Waals surface area contributed by atoms with Crippen LogP contribution in [0.3, 0.4) is 0 Å². The summed E-state index contributed by atoms with van der Waals surface area (Å²) in [5, 5.41) is 17.5. The van der Waals surface area contributed by atoms with E-state index in [9.17, 15) is 14.4 Å². The molecule has 0 bridgehead atoms. The number of ether oxygens (including phenoxy) is 2. The van der Waals surface area contributed by atoms with Crippen molar-refractivity contribution in [2.75, 3.05) is 40.4 Å². The van der Waals surface area contributed by atoms with Gasteiger partial charge in [0, 0.05) is 14.2 Å². The van der Waals surface area contributed by atoms with Crippen LogP contribution in [0.5, 0.6) is 0 Å². The molecule has 1 fully saturated rings. The highest BCUT2D eigenvalue weighted by Gasteiger charge is 2.37. The molecule has 0 aromatic rings. The van der Waals surface area contributed by atoms with Gasteiger partial charge in [-0.05, 0) is 0 Å². The molecule has 1 aliphatic rings. The smallest absolute Gasteiger partial charge is 0.323 e. The zero-order valence-corrected chi connectivity index (χ0v) is 11.3. The number of urea groups is 1. The number of likely N-dealkylation sites (tertiary alicyclic amines) is 1. The fraction of sp³-hybridized carbons (Fsp3) is 0.727. The third-order valence-electron chi connectivity index (χ3n) is 3.01. The molecule has 2 N–H and O–H groups in total. The lowest BCUT2D eigenvalue weighted by molar-refractivity contribution is -0.140. The molecule has 9 heteroatoms. The van der Waals surface area contributed by atoms with Crippen LogP contribution in [0.2, 0.25) is 0 Å². The Morgan fingerprint density at radius 1 is 1.05 bits per heavy atom. The highest BCUT2D eigenvalue weighted by Crippen LogP contribution is 2.17. The molecule has 1 saturated heterocycles. The quantitative estimate of drug-likeness (QED) is 0.639. The van der Waals surface area contributed by atoms with Gasteiger partial charge in [0.05, 0.1) is 13.1 Å². The molecule has 0 spiro atoms. The number of aliphatic carboxylic acids is 2. The number of nitrogens with zero attached hydrogens (tertiary/aromatic N) is 2. The van der Waals surface area contributed by atoms with Gasteiger partial charge in [-0.2, -0.15) is 0 Å². The fourth-order valence-corrected chi connectivity index (χ4v) is 2.07. The second-order valence-electron chi connectivity index (χ2n) is 4.38. The molecule has 2 atom stereocenters. The third kappa shape index (κ3) is 4.07. The van der Waals surface area contributed by atoms with Gasteiger partial charge in [-0.3, -0.25) is 9.59 Å². The van der Waals surface area contributed by atoms with Gasteiger partial charge in [0.2, 0.25) is 0 Å². The summed E-state index contributed by atoms with van der Waals surface area (Å²) < 4.78 is 10.3. The average molecular weight is 290 g/mol. The highest BCUT2D eigenvalue weighted by molar-refractivity contribution is 5.84. The average Bonchev–Trinajstić information content (AvgIpc) is 2.79. The second kappa shape index (κ2) is 7.06. The van der Waals surface area contributed by atoms with E-state index in [1.807, 2.05) is 0 Å². The Bertz CT molecular complexity index is 359. The van der Waals surface area contributed by atoms with E-state index < -0.39 is 31.1 Å². The Kier molecular flexibility index (Phi) is 5.71. The normalized spacial score (nSPS) is 21.8. The maximum atomic E-state index is 12.2. The summed E-state index contributed by atoms with van der Waals surface area (Å²) in [6.07, 6.45) is -0.638. The lowest BCUT2D eigenvalue weighted by Crippen LogP contribution is -2.47. The van der Waals surface area contributed by atoms with Crippen molar-refractivity contribution in [3.8, 4) is 0 Å². The van der Waals surface area contributed by atoms with E-state index in [1.165, 1.54) is 19.1 Å². The van der Waals surface area contributed by atoms with Crippen LogP contribution < -0.4 is 0 Å². The van der Waals surface area contributed by atoms with Crippen molar-refractivity contribution in [2.45, 2.75) is 12.2 Å². The van der Waals surface area contributed by atoms with Crippen LogP contribution in [0.25, 0.3) is 0 Å². The molecule has 1 aliphatic heterocycles. The fourth-order valence-electron chi connectivity index (χ4n) is 2.07. The van der Waals surface area contributed by atoms with Crippen molar-refractivity contribution in [1.82, 2.24) is 9.80 Å². The molecule has 0 aliphatic carbocycles. The molecule has 0 aromatic heterocycles. The maximum absolute atomic E-state index is 12.2. The van der Waals surface area contributed by atoms with Crippen molar-refractivity contribution in [3.05, 3.63) is 0 Å². The topological polar surface area (TPSA) is 117 Å². The zero-order chi connectivity index (χ0) is 15.3. The van der Waals surface area contributed by atoms with E-state index in [4.69, 9.17) is 19.7 Å². The van der Waals surface area contributed by atoms with E-state index in [2.05, 4.69) is 0 Å². The number of carbonyl (C=O) groups is 3. The Labute approximate surface area is 115 Å². The summed E-state index contributed by atoms with van der Waals surface area (Å²) in [7, 11) is 2.97. The summed E-state index contributed by atoms with van der Waals surface area (Å²) in [5.41, 5.74) is 0. The largest absolute Gasteiger partial charge is 0.480 e. The molecule has 9 nitrogen and oxygen atoms in total. The number of amides is 2. The van der Waals surface area contributed by atoms with Crippen molar-refractivity contribution in [3.63, 3.8) is 0 Å². The van der Waals surface area contributed by atoms with E-state index in [0.717, 1.165) is 4.90 Å². The molecule has 0 saturated carbocycles. The minimum absolute atomic E-state index is 0.226. The molecule has 20 heavy (non-hydrogen) atoms. The molecule has 0 aromatic carbocycles. The number of carboxylic acids is 2. The van der Waals surface area contributed by atoms with Gasteiger partial charge in [-0.15, -0.1) is 0 Å². The Balaban J connectivity index is 2.74. The lowest BCUT2D eigenvalue weighted by Gasteiger charge is -2.25. The first-order valence-electron chi connectivity index (χ1n) is 5.92. The van der Waals surface area contributed by atoms with E-state index in [0.29, 0.717) is 0 Å². The summed E-state index contributed by atoms with van der Waals surface area (Å²) in [4.78, 5) is 35.6. The molecule has 1 heterocycles. The van der Waals surface area contributed by atoms with Gasteiger partial charge < -0.3 is 29.5 Å². The van der Waals surface area contributed by atoms with Crippen LogP contribution in [0.1, 0.15) is 0 Å². The van der Waals surface area contributed by atoms with Gasteiger partial charge in [0.1, 0.15) is 25.3 Å². The van der Waals surface area contributed by atoms with Crippen LogP contribution in [0, 0.1) is 0 Å². The van der Waals surface area contributed by atoms with Gasteiger partial charge in [-0.1, -0.05) is 0 Å². The number of methoxy groups -OCH3 is 2. The Hall–Kier alpha value is -1.87. The Morgan fingerprint density at radius 2 is 1.45 bits per heavy atom. The van der Waals surface area contributed by atoms with Gasteiger partial charge >= 0.3 is 18.0 Å². The molecular weight excluding hydrogens is 272 g/mol. The molecule has 2 unspecified atom stereocenters. The number of carbonyl (C=O) groups excluding carboxylic acids is 1. The predicted molar refractivity (Wildman–Crippen MR) is 65.4 cm³/mol. The Morgan fingerprint density at radius 3 is 1.75 bits per heavy atom. The highest BCUT2D eigenvalue weighted by atomic mass is 16.5. The van der Waals surface area contributed by atoms with Crippen LogP contribution in [-0.4, -0.2) is 90.6 Å². The van der Waals surface area contributed by atoms with Crippen molar-refractivity contribution in [2.24, 2.45) is 0 Å². The number of carboxylic acid groups (broad SMARTS) is 2. The molecule has 0 radical (unpaired) electrons. The minimum atomic E-state index is -1.27. The van der Waals surface area contributed by atoms with E-state index in [-0.39, 0.29) is 25.3 Å². The standard InChI is InChI=1S/C11H18N2O7/c1-19-7-3-12(4-8(7)20-2)11(18)13(5-9(14)15)6-10(16)17/h7-8H,3-6H2,1-2H3,(H,14,15)(H,16,17). The van der Waals surface area contributed by atoms with E-state index in [1.54, 1.807) is 0 Å². The summed E-state index contributed by atoms with van der Waals surface area (Å²) in [6.45, 7) is -0.888. The van der Waals surface area contributed by atoms with Crippen LogP contribution in [0.15, 0.2) is 0 Å². The first-order chi connectivity index (χ1) is 9.38. The van der Waals surface area contributed by atoms with Crippen molar-refractivity contribution in [1.29, 1.82) is 0 Å². The maximum Gasteiger partial charge on any atom is 0.323 e. The minimum Gasteiger partial charge on any atom is -0.480 e. The van der Waals surface area contributed by atoms with E-state index >= 15 is 0 Å². The second-order valence-corrected chi connectivity index (χ2v) is 4.38. The van der Waals surface area contributed by atoms with Crippen molar-refractivity contribution < 1.29 is 34.1 Å². The SMILES string of the molecule is COC1CN(C(=O)N(CC(=O)O)CC(=O)O)CC1OC. The summed E-state index contributed by atoms with van der Waals surface area (Å²) >= 11 is 0. The third-order valence-corrected chi connectivity index (χ3v) is 3.01. The number of hydrogen-bond donors (Lipinski definition) is 2. The first kappa shape index (κ1) is 16.2. The van der Waals surface area contributed by atoms with Gasteiger partial charge in [0.15, 0.2) is 0 Å². The summed E-state index contributed by atoms with van der Waals surface area (Å²) in [5.74, 6) is -2.55. The monoisotopic (exact) mass is 290 g/mol. The number of hydrogen-bond acceptors (Lipinski definition) is 5. The van der Waals surface area contributed by atoms with Crippen molar-refractivity contribution >= 4 is 18.0 Å². The lowest BCUT2D eigenvalue weighted by atomic mass is 10.3. The van der Waals surface area contributed by atoms with Crippen LogP contribution in [0.4, 0.5) is 4.79 Å². The first-order valence-corrected chi connectivity index (χ1v) is 5.92. The van der Waals surface area contributed by atoms with Gasteiger partial charge in [0.25, 0.3) is 0 Å². The molecule has 2 amide bonds. The zero-order valence-electron chi connectivity index (χ0n) is 11.3. The summed E-state index contributed by atoms with van der Waals surface area (Å²) in [6, 6.07) is -0.656. The van der Waals surface area contributed by atoms with Crippen LogP contribution in [-0.2, 0) is 19.1 Å². The predicted octanol–water partition coefficient (Wildman–Crippen LogP) is -1.08. The van der Waals surface area contributed by atoms with Gasteiger partial charge in [-0.25, -0.2) is 4.79 Å². The number of rotatable bonds is 6. The molecular formula is C11H18N2O7. The van der Waals surface area contributed by atoms with Crippen LogP contribution >= 0.6 is 0 Å². The molecule has 114 valence electrons. The molecule has 1 rings (SSSR count).